The first-order chi connectivity index (χ1) is 12.7. The lowest BCUT2D eigenvalue weighted by Crippen LogP contribution is -2.31. The summed E-state index contributed by atoms with van der Waals surface area (Å²) in [5.41, 5.74) is -1.90. The Morgan fingerprint density at radius 3 is 2.39 bits per heavy atom. The summed E-state index contributed by atoms with van der Waals surface area (Å²) in [7, 11) is -2.57. The van der Waals surface area contributed by atoms with Crippen molar-refractivity contribution in [2.45, 2.75) is 78.4 Å². The maximum atomic E-state index is 13.0. The van der Waals surface area contributed by atoms with Gasteiger partial charge in [0.2, 0.25) is 0 Å². The Hall–Kier alpha value is -1.25. The standard InChI is InChI=1S/C18H31N2O7P/c1-17(2,3)11-13-12(26-28(23,24-7)27-18(4,5)6)10-15(25-13)20-9-8-14(21)19-16(20)22/h8-9,12-13,15H,10-11H2,1-7H3,(H,19,21,22). The minimum absolute atomic E-state index is 0.0981. The summed E-state index contributed by atoms with van der Waals surface area (Å²) in [5, 5.41) is 0. The van der Waals surface area contributed by atoms with Crippen LogP contribution >= 0.6 is 7.82 Å². The minimum Gasteiger partial charge on any atom is -0.352 e. The van der Waals surface area contributed by atoms with Crippen LogP contribution in [0.4, 0.5) is 0 Å². The second-order valence-electron chi connectivity index (χ2n) is 9.12. The molecule has 9 nitrogen and oxygen atoms in total. The highest BCUT2D eigenvalue weighted by Gasteiger charge is 2.45. The fourth-order valence-electron chi connectivity index (χ4n) is 3.03. The van der Waals surface area contributed by atoms with Gasteiger partial charge < -0.3 is 4.74 Å². The average Bonchev–Trinajstić information content (AvgIpc) is 2.85. The van der Waals surface area contributed by atoms with Crippen LogP contribution in [0.15, 0.2) is 21.9 Å². The lowest BCUT2D eigenvalue weighted by Gasteiger charge is -2.30. The first-order valence-electron chi connectivity index (χ1n) is 9.23. The van der Waals surface area contributed by atoms with Crippen LogP contribution in [0.5, 0.6) is 0 Å². The number of aromatic amines is 1. The first kappa shape index (κ1) is 23.0. The minimum atomic E-state index is -3.84. The fourth-order valence-corrected chi connectivity index (χ4v) is 4.45. The van der Waals surface area contributed by atoms with Crippen molar-refractivity contribution < 1.29 is 22.9 Å². The molecule has 4 unspecified atom stereocenters. The quantitative estimate of drug-likeness (QED) is 0.707. The maximum absolute atomic E-state index is 13.0. The third-order valence-electron chi connectivity index (χ3n) is 4.03. The van der Waals surface area contributed by atoms with Crippen molar-refractivity contribution in [2.24, 2.45) is 5.41 Å². The third kappa shape index (κ3) is 6.39. The molecule has 0 amide bonds. The van der Waals surface area contributed by atoms with Crippen molar-refractivity contribution in [3.8, 4) is 0 Å². The summed E-state index contributed by atoms with van der Waals surface area (Å²) in [4.78, 5) is 25.7. The highest BCUT2D eigenvalue weighted by molar-refractivity contribution is 7.48. The summed E-state index contributed by atoms with van der Waals surface area (Å²) in [6.45, 7) is 11.4. The molecule has 0 spiro atoms. The van der Waals surface area contributed by atoms with Gasteiger partial charge in [-0.3, -0.25) is 27.9 Å². The summed E-state index contributed by atoms with van der Waals surface area (Å²) in [6, 6.07) is 1.25. The molecule has 1 aromatic rings. The molecule has 0 aromatic carbocycles. The number of ether oxygens (including phenoxy) is 1. The number of nitrogens with one attached hydrogen (secondary N) is 1. The molecule has 2 heterocycles. The van der Waals surface area contributed by atoms with Crippen LogP contribution in [-0.2, 0) is 22.9 Å². The van der Waals surface area contributed by atoms with Crippen LogP contribution < -0.4 is 11.2 Å². The molecule has 10 heteroatoms. The Morgan fingerprint density at radius 2 is 1.89 bits per heavy atom. The second-order valence-corrected chi connectivity index (χ2v) is 10.8. The van der Waals surface area contributed by atoms with E-state index in [1.54, 1.807) is 20.8 Å². The van der Waals surface area contributed by atoms with Gasteiger partial charge in [0.25, 0.3) is 5.56 Å². The van der Waals surface area contributed by atoms with Gasteiger partial charge in [0.05, 0.1) is 11.7 Å². The van der Waals surface area contributed by atoms with Crippen molar-refractivity contribution >= 4 is 7.82 Å². The van der Waals surface area contributed by atoms with Gasteiger partial charge in [-0.25, -0.2) is 9.36 Å². The Bertz CT molecular complexity index is 834. The monoisotopic (exact) mass is 418 g/mol. The van der Waals surface area contributed by atoms with Crippen molar-refractivity contribution in [3.63, 3.8) is 0 Å². The number of H-pyrrole nitrogens is 1. The Kier molecular flexibility index (Phi) is 6.78. The summed E-state index contributed by atoms with van der Waals surface area (Å²) in [6.07, 6.45) is 0.525. The van der Waals surface area contributed by atoms with Crippen molar-refractivity contribution in [1.82, 2.24) is 9.55 Å². The normalized spacial score (nSPS) is 25.6. The molecular formula is C18H31N2O7P. The summed E-state index contributed by atoms with van der Waals surface area (Å²) in [5.74, 6) is 0. The summed E-state index contributed by atoms with van der Waals surface area (Å²) >= 11 is 0. The molecular weight excluding hydrogens is 387 g/mol. The molecule has 1 saturated heterocycles. The molecule has 0 aliphatic carbocycles. The highest BCUT2D eigenvalue weighted by Crippen LogP contribution is 2.55. The molecule has 0 radical (unpaired) electrons. The van der Waals surface area contributed by atoms with Crippen LogP contribution in [0.3, 0.4) is 0 Å². The van der Waals surface area contributed by atoms with E-state index in [4.69, 9.17) is 18.3 Å². The molecule has 4 atom stereocenters. The number of aromatic nitrogens is 2. The predicted octanol–water partition coefficient (Wildman–Crippen LogP) is 3.22. The fraction of sp³-hybridized carbons (Fsp3) is 0.778. The van der Waals surface area contributed by atoms with E-state index in [0.717, 1.165) is 0 Å². The summed E-state index contributed by atoms with van der Waals surface area (Å²) < 4.78 is 36.7. The lowest BCUT2D eigenvalue weighted by atomic mass is 9.87. The molecule has 1 N–H and O–H groups in total. The van der Waals surface area contributed by atoms with Gasteiger partial charge in [0.15, 0.2) is 0 Å². The molecule has 1 aliphatic heterocycles. The second kappa shape index (κ2) is 8.24. The number of phosphoric ester groups is 1. The Labute approximate surface area is 165 Å². The number of hydrogen-bond acceptors (Lipinski definition) is 7. The predicted molar refractivity (Wildman–Crippen MR) is 104 cm³/mol. The molecule has 1 fully saturated rings. The van der Waals surface area contributed by atoms with Gasteiger partial charge in [0.1, 0.15) is 12.3 Å². The highest BCUT2D eigenvalue weighted by atomic mass is 31.2. The zero-order chi connectivity index (χ0) is 21.3. The maximum Gasteiger partial charge on any atom is 0.475 e. The molecule has 1 aromatic heterocycles. The van der Waals surface area contributed by atoms with Gasteiger partial charge in [0, 0.05) is 25.8 Å². The van der Waals surface area contributed by atoms with Gasteiger partial charge in [-0.1, -0.05) is 20.8 Å². The van der Waals surface area contributed by atoms with Gasteiger partial charge in [-0.2, -0.15) is 0 Å². The molecule has 0 bridgehead atoms. The van der Waals surface area contributed by atoms with E-state index in [9.17, 15) is 14.2 Å². The van der Waals surface area contributed by atoms with E-state index in [2.05, 4.69) is 25.8 Å². The Morgan fingerprint density at radius 1 is 1.25 bits per heavy atom. The number of rotatable bonds is 6. The van der Waals surface area contributed by atoms with Crippen LogP contribution in [0.25, 0.3) is 0 Å². The molecule has 2 rings (SSSR count). The topological polar surface area (TPSA) is 109 Å². The van der Waals surface area contributed by atoms with E-state index in [0.29, 0.717) is 6.42 Å². The van der Waals surface area contributed by atoms with Crippen LogP contribution in [0, 0.1) is 5.41 Å². The largest absolute Gasteiger partial charge is 0.475 e. The smallest absolute Gasteiger partial charge is 0.352 e. The van der Waals surface area contributed by atoms with E-state index < -0.39 is 43.1 Å². The number of phosphoric acid groups is 1. The molecule has 28 heavy (non-hydrogen) atoms. The van der Waals surface area contributed by atoms with E-state index in [1.807, 2.05) is 0 Å². The first-order valence-corrected chi connectivity index (χ1v) is 10.7. The van der Waals surface area contributed by atoms with Crippen molar-refractivity contribution in [1.29, 1.82) is 0 Å². The lowest BCUT2D eigenvalue weighted by molar-refractivity contribution is -0.0439. The average molecular weight is 418 g/mol. The molecule has 160 valence electrons. The van der Waals surface area contributed by atoms with Gasteiger partial charge in [-0.15, -0.1) is 0 Å². The molecule has 0 saturated carbocycles. The van der Waals surface area contributed by atoms with Crippen molar-refractivity contribution in [2.75, 3.05) is 7.11 Å². The number of hydrogen-bond donors (Lipinski definition) is 1. The third-order valence-corrected chi connectivity index (χ3v) is 5.78. The van der Waals surface area contributed by atoms with Crippen molar-refractivity contribution in [3.05, 3.63) is 33.1 Å². The van der Waals surface area contributed by atoms with Crippen LogP contribution in [0.1, 0.15) is 60.6 Å². The van der Waals surface area contributed by atoms with Gasteiger partial charge >= 0.3 is 13.5 Å². The Balaban J connectivity index is 2.29. The number of nitrogens with zero attached hydrogens (tertiary/aromatic N) is 1. The van der Waals surface area contributed by atoms with Crippen LogP contribution in [-0.4, -0.2) is 34.5 Å². The SMILES string of the molecule is COP(=O)(OC1CC(n2ccc(=O)[nH]c2=O)OC1CC(C)(C)C)OC(C)(C)C. The van der Waals surface area contributed by atoms with Gasteiger partial charge in [-0.05, 0) is 32.6 Å². The van der Waals surface area contributed by atoms with E-state index >= 15 is 0 Å². The van der Waals surface area contributed by atoms with E-state index in [1.165, 1.54) is 23.9 Å². The van der Waals surface area contributed by atoms with Crippen LogP contribution in [0.2, 0.25) is 0 Å². The zero-order valence-corrected chi connectivity index (χ0v) is 18.4. The zero-order valence-electron chi connectivity index (χ0n) is 17.6. The molecule has 1 aliphatic rings. The van der Waals surface area contributed by atoms with E-state index in [-0.39, 0.29) is 11.8 Å².